The van der Waals surface area contributed by atoms with Gasteiger partial charge in [0.2, 0.25) is 5.69 Å². The fourth-order valence-corrected chi connectivity index (χ4v) is 1.63. The first-order valence-electron chi connectivity index (χ1n) is 5.46. The maximum Gasteiger partial charge on any atom is 0.205 e. The Bertz CT molecular complexity index is 498. The largest absolute Gasteiger partial charge is 0.205 e. The van der Waals surface area contributed by atoms with E-state index >= 15 is 0 Å². The van der Waals surface area contributed by atoms with Gasteiger partial charge >= 0.3 is 0 Å². The molecule has 0 aliphatic heterocycles. The van der Waals surface area contributed by atoms with Crippen molar-refractivity contribution in [3.63, 3.8) is 0 Å². The average molecular weight is 210 g/mol. The van der Waals surface area contributed by atoms with Gasteiger partial charge in [-0.1, -0.05) is 30.3 Å². The molecule has 0 spiro atoms. The van der Waals surface area contributed by atoms with Crippen molar-refractivity contribution < 1.29 is 4.57 Å². The predicted octanol–water partition coefficient (Wildman–Crippen LogP) is 2.99. The first kappa shape index (κ1) is 10.6. The van der Waals surface area contributed by atoms with E-state index < -0.39 is 0 Å². The molecule has 0 bridgehead atoms. The number of hydrogen-bond acceptors (Lipinski definition) is 0. The Morgan fingerprint density at radius 1 is 0.875 bits per heavy atom. The van der Waals surface area contributed by atoms with Crippen molar-refractivity contribution in [3.05, 3.63) is 65.5 Å². The smallest absolute Gasteiger partial charge is 0.199 e. The lowest BCUT2D eigenvalue weighted by Crippen LogP contribution is -2.34. The van der Waals surface area contributed by atoms with E-state index in [9.17, 15) is 0 Å². The zero-order chi connectivity index (χ0) is 11.4. The molecule has 1 nitrogen and oxygen atoms in total. The van der Waals surface area contributed by atoms with Crippen LogP contribution in [0.3, 0.4) is 0 Å². The fourth-order valence-electron chi connectivity index (χ4n) is 1.63. The van der Waals surface area contributed by atoms with Crippen molar-refractivity contribution in [2.45, 2.75) is 6.92 Å². The molecule has 1 heteroatoms. The molecule has 0 unspecified atom stereocenters. The van der Waals surface area contributed by atoms with Gasteiger partial charge in [-0.2, -0.15) is 4.57 Å². The Balaban J connectivity index is 2.28. The van der Waals surface area contributed by atoms with Gasteiger partial charge in [-0.05, 0) is 17.7 Å². The third kappa shape index (κ3) is 2.37. The number of rotatable bonds is 2. The molecule has 0 aliphatic carbocycles. The summed E-state index contributed by atoms with van der Waals surface area (Å²) < 4.78 is 2.18. The highest BCUT2D eigenvalue weighted by Crippen LogP contribution is 2.05. The molecule has 1 aromatic carbocycles. The number of benzene rings is 1. The second-order valence-corrected chi connectivity index (χ2v) is 3.90. The number of pyridine rings is 1. The molecular formula is C15H16N+. The van der Waals surface area contributed by atoms with Crippen molar-refractivity contribution in [3.8, 4) is 0 Å². The van der Waals surface area contributed by atoms with Gasteiger partial charge in [0.05, 0.1) is 0 Å². The summed E-state index contributed by atoms with van der Waals surface area (Å²) in [6.45, 7) is 2.11. The highest BCUT2D eigenvalue weighted by molar-refractivity contribution is 5.66. The molecule has 1 aromatic heterocycles. The van der Waals surface area contributed by atoms with Crippen LogP contribution in [0.2, 0.25) is 0 Å². The van der Waals surface area contributed by atoms with E-state index in [0.717, 1.165) is 0 Å². The molecule has 2 aromatic rings. The standard InChI is InChI=1S/C15H16N/c1-13-7-6-10-15(16(13)2)12-11-14-8-4-3-5-9-14/h3-12H,1-2H3/q+1. The zero-order valence-electron chi connectivity index (χ0n) is 9.72. The Hall–Kier alpha value is -1.89. The van der Waals surface area contributed by atoms with Crippen LogP contribution in [0.4, 0.5) is 0 Å². The second kappa shape index (κ2) is 4.75. The third-order valence-corrected chi connectivity index (χ3v) is 2.77. The molecule has 16 heavy (non-hydrogen) atoms. The van der Waals surface area contributed by atoms with Gasteiger partial charge in [0.15, 0.2) is 5.69 Å². The lowest BCUT2D eigenvalue weighted by molar-refractivity contribution is -0.679. The molecular weight excluding hydrogens is 194 g/mol. The Kier molecular flexibility index (Phi) is 3.16. The Morgan fingerprint density at radius 2 is 1.62 bits per heavy atom. The van der Waals surface area contributed by atoms with E-state index in [2.05, 4.69) is 73.2 Å². The zero-order valence-corrected chi connectivity index (χ0v) is 9.72. The van der Waals surface area contributed by atoms with Gasteiger partial charge in [0, 0.05) is 25.1 Å². The third-order valence-electron chi connectivity index (χ3n) is 2.77. The molecule has 1 heterocycles. The molecule has 0 atom stereocenters. The van der Waals surface area contributed by atoms with Gasteiger partial charge in [-0.3, -0.25) is 0 Å². The van der Waals surface area contributed by atoms with E-state index in [-0.39, 0.29) is 0 Å². The van der Waals surface area contributed by atoms with E-state index in [1.54, 1.807) is 0 Å². The summed E-state index contributed by atoms with van der Waals surface area (Å²) >= 11 is 0. The average Bonchev–Trinajstić information content (AvgIpc) is 2.32. The number of aromatic nitrogens is 1. The van der Waals surface area contributed by atoms with Crippen molar-refractivity contribution >= 4 is 12.2 Å². The molecule has 2 rings (SSSR count). The summed E-state index contributed by atoms with van der Waals surface area (Å²) in [5.41, 5.74) is 3.70. The summed E-state index contributed by atoms with van der Waals surface area (Å²) in [7, 11) is 2.08. The van der Waals surface area contributed by atoms with Crippen molar-refractivity contribution in [1.82, 2.24) is 0 Å². The maximum absolute atomic E-state index is 2.18. The van der Waals surface area contributed by atoms with Crippen molar-refractivity contribution in [1.29, 1.82) is 0 Å². The van der Waals surface area contributed by atoms with Crippen LogP contribution in [-0.2, 0) is 7.05 Å². The first-order chi connectivity index (χ1) is 7.77. The fraction of sp³-hybridized carbons (Fsp3) is 0.133. The van der Waals surface area contributed by atoms with Gasteiger partial charge < -0.3 is 0 Å². The summed E-state index contributed by atoms with van der Waals surface area (Å²) in [5.74, 6) is 0. The van der Waals surface area contributed by atoms with Crippen LogP contribution < -0.4 is 4.57 Å². The van der Waals surface area contributed by atoms with Gasteiger partial charge in [0.25, 0.3) is 0 Å². The van der Waals surface area contributed by atoms with Crippen LogP contribution in [0.5, 0.6) is 0 Å². The van der Waals surface area contributed by atoms with E-state index in [0.29, 0.717) is 0 Å². The van der Waals surface area contributed by atoms with Crippen molar-refractivity contribution in [2.75, 3.05) is 0 Å². The highest BCUT2D eigenvalue weighted by Gasteiger charge is 2.03. The minimum atomic E-state index is 1.21. The maximum atomic E-state index is 2.18. The predicted molar refractivity (Wildman–Crippen MR) is 67.7 cm³/mol. The van der Waals surface area contributed by atoms with Gasteiger partial charge in [-0.15, -0.1) is 0 Å². The lowest BCUT2D eigenvalue weighted by Gasteiger charge is -1.97. The molecule has 0 saturated carbocycles. The highest BCUT2D eigenvalue weighted by atomic mass is 14.9. The normalized spacial score (nSPS) is 10.9. The van der Waals surface area contributed by atoms with Crippen LogP contribution in [0.1, 0.15) is 17.0 Å². The minimum Gasteiger partial charge on any atom is -0.199 e. The number of nitrogens with zero attached hydrogens (tertiary/aromatic N) is 1. The minimum absolute atomic E-state index is 1.21. The van der Waals surface area contributed by atoms with Crippen LogP contribution >= 0.6 is 0 Å². The van der Waals surface area contributed by atoms with E-state index in [4.69, 9.17) is 0 Å². The molecule has 80 valence electrons. The van der Waals surface area contributed by atoms with E-state index in [1.807, 2.05) is 6.07 Å². The SMILES string of the molecule is Cc1cccc(C=Cc2ccccc2)[n+]1C. The van der Waals surface area contributed by atoms with Crippen LogP contribution in [0.15, 0.2) is 48.5 Å². The second-order valence-electron chi connectivity index (χ2n) is 3.90. The van der Waals surface area contributed by atoms with Crippen LogP contribution in [-0.4, -0.2) is 0 Å². The van der Waals surface area contributed by atoms with Crippen molar-refractivity contribution in [2.24, 2.45) is 7.05 Å². The van der Waals surface area contributed by atoms with Gasteiger partial charge in [-0.25, -0.2) is 0 Å². The lowest BCUT2D eigenvalue weighted by atomic mass is 10.2. The molecule has 0 amide bonds. The topological polar surface area (TPSA) is 3.88 Å². The monoisotopic (exact) mass is 210 g/mol. The first-order valence-corrected chi connectivity index (χ1v) is 5.46. The van der Waals surface area contributed by atoms with Gasteiger partial charge in [0.1, 0.15) is 7.05 Å². The molecule has 0 saturated heterocycles. The number of aryl methyl sites for hydroxylation is 1. The van der Waals surface area contributed by atoms with E-state index in [1.165, 1.54) is 17.0 Å². The Morgan fingerprint density at radius 3 is 2.38 bits per heavy atom. The quantitative estimate of drug-likeness (QED) is 0.671. The summed E-state index contributed by atoms with van der Waals surface area (Å²) in [6, 6.07) is 16.7. The number of hydrogen-bond donors (Lipinski definition) is 0. The Labute approximate surface area is 96.7 Å². The molecule has 0 N–H and O–H groups in total. The summed E-state index contributed by atoms with van der Waals surface area (Å²) in [6.07, 6.45) is 4.27. The molecule has 0 aliphatic rings. The summed E-state index contributed by atoms with van der Waals surface area (Å²) in [4.78, 5) is 0. The van der Waals surface area contributed by atoms with Crippen LogP contribution in [0, 0.1) is 6.92 Å². The van der Waals surface area contributed by atoms with Crippen LogP contribution in [0.25, 0.3) is 12.2 Å². The molecule has 0 fully saturated rings. The summed E-state index contributed by atoms with van der Waals surface area (Å²) in [5, 5.41) is 0. The molecule has 0 radical (unpaired) electrons.